The SMILES string of the molecule is CC(C)Cn1ncnc1CC(N)c1ccccc1F. The lowest BCUT2D eigenvalue weighted by atomic mass is 10.0. The third-order valence-electron chi connectivity index (χ3n) is 2.94. The summed E-state index contributed by atoms with van der Waals surface area (Å²) in [7, 11) is 0. The molecule has 19 heavy (non-hydrogen) atoms. The van der Waals surface area contributed by atoms with E-state index in [1.165, 1.54) is 12.4 Å². The second-order valence-electron chi connectivity index (χ2n) is 5.08. The largest absolute Gasteiger partial charge is 0.323 e. The van der Waals surface area contributed by atoms with Crippen molar-refractivity contribution in [3.8, 4) is 0 Å². The quantitative estimate of drug-likeness (QED) is 0.899. The molecule has 4 nitrogen and oxygen atoms in total. The van der Waals surface area contributed by atoms with Crippen LogP contribution in [0, 0.1) is 11.7 Å². The molecule has 0 saturated heterocycles. The molecule has 0 saturated carbocycles. The van der Waals surface area contributed by atoms with Gasteiger partial charge in [-0.25, -0.2) is 14.1 Å². The molecule has 1 unspecified atom stereocenters. The van der Waals surface area contributed by atoms with Crippen LogP contribution < -0.4 is 5.73 Å². The summed E-state index contributed by atoms with van der Waals surface area (Å²) >= 11 is 0. The van der Waals surface area contributed by atoms with E-state index in [-0.39, 0.29) is 5.82 Å². The van der Waals surface area contributed by atoms with Crippen molar-refractivity contribution in [3.05, 3.63) is 47.8 Å². The van der Waals surface area contributed by atoms with Crippen LogP contribution in [0.2, 0.25) is 0 Å². The van der Waals surface area contributed by atoms with Crippen LogP contribution in [0.3, 0.4) is 0 Å². The lowest BCUT2D eigenvalue weighted by Gasteiger charge is -2.14. The molecule has 2 N–H and O–H groups in total. The van der Waals surface area contributed by atoms with E-state index in [4.69, 9.17) is 5.73 Å². The molecular weight excluding hydrogens is 243 g/mol. The molecule has 0 aliphatic carbocycles. The number of benzene rings is 1. The molecule has 2 aromatic rings. The number of nitrogens with zero attached hydrogens (tertiary/aromatic N) is 3. The molecule has 1 heterocycles. The zero-order valence-electron chi connectivity index (χ0n) is 11.3. The average Bonchev–Trinajstić information content (AvgIpc) is 2.76. The van der Waals surface area contributed by atoms with Crippen molar-refractivity contribution in [2.45, 2.75) is 32.9 Å². The van der Waals surface area contributed by atoms with Crippen LogP contribution in [0.25, 0.3) is 0 Å². The van der Waals surface area contributed by atoms with Crippen LogP contribution in [-0.2, 0) is 13.0 Å². The van der Waals surface area contributed by atoms with Crippen LogP contribution in [0.4, 0.5) is 4.39 Å². The fraction of sp³-hybridized carbons (Fsp3) is 0.429. The molecule has 1 aromatic heterocycles. The van der Waals surface area contributed by atoms with Crippen molar-refractivity contribution in [1.82, 2.24) is 14.8 Å². The maximum absolute atomic E-state index is 13.7. The van der Waals surface area contributed by atoms with E-state index in [1.54, 1.807) is 18.2 Å². The minimum atomic E-state index is -0.406. The van der Waals surface area contributed by atoms with Crippen LogP contribution in [0.15, 0.2) is 30.6 Å². The lowest BCUT2D eigenvalue weighted by molar-refractivity contribution is 0.457. The first kappa shape index (κ1) is 13.7. The highest BCUT2D eigenvalue weighted by atomic mass is 19.1. The molecule has 0 fully saturated rings. The molecule has 0 amide bonds. The standard InChI is InChI=1S/C14H19FN4/c1-10(2)8-19-14(17-9-18-19)7-13(16)11-5-3-4-6-12(11)15/h3-6,9-10,13H,7-8,16H2,1-2H3. The van der Waals surface area contributed by atoms with Crippen molar-refractivity contribution in [2.75, 3.05) is 0 Å². The van der Waals surface area contributed by atoms with E-state index in [0.29, 0.717) is 17.9 Å². The number of rotatable bonds is 5. The highest BCUT2D eigenvalue weighted by Gasteiger charge is 2.15. The van der Waals surface area contributed by atoms with E-state index in [0.717, 1.165) is 12.4 Å². The molecule has 1 aromatic carbocycles. The van der Waals surface area contributed by atoms with Crippen LogP contribution in [0.1, 0.15) is 31.3 Å². The Bertz CT molecular complexity index is 536. The molecule has 2 rings (SSSR count). The second-order valence-corrected chi connectivity index (χ2v) is 5.08. The van der Waals surface area contributed by atoms with E-state index in [9.17, 15) is 4.39 Å². The van der Waals surface area contributed by atoms with E-state index in [1.807, 2.05) is 4.68 Å². The predicted octanol–water partition coefficient (Wildman–Crippen LogP) is 2.32. The topological polar surface area (TPSA) is 56.7 Å². The number of halogens is 1. The number of aromatic nitrogens is 3. The molecule has 0 bridgehead atoms. The molecule has 0 spiro atoms. The van der Waals surface area contributed by atoms with Gasteiger partial charge >= 0.3 is 0 Å². The Balaban J connectivity index is 2.13. The van der Waals surface area contributed by atoms with Gasteiger partial charge in [0.05, 0.1) is 0 Å². The summed E-state index contributed by atoms with van der Waals surface area (Å²) in [5.41, 5.74) is 6.58. The van der Waals surface area contributed by atoms with Crippen LogP contribution in [-0.4, -0.2) is 14.8 Å². The summed E-state index contributed by atoms with van der Waals surface area (Å²) in [5, 5.41) is 4.18. The van der Waals surface area contributed by atoms with E-state index in [2.05, 4.69) is 23.9 Å². The van der Waals surface area contributed by atoms with Gasteiger partial charge in [0.1, 0.15) is 18.0 Å². The Hall–Kier alpha value is -1.75. The minimum Gasteiger partial charge on any atom is -0.323 e. The summed E-state index contributed by atoms with van der Waals surface area (Å²) in [6.07, 6.45) is 2.00. The average molecular weight is 262 g/mol. The normalized spacial score (nSPS) is 12.9. The predicted molar refractivity (Wildman–Crippen MR) is 71.9 cm³/mol. The first-order chi connectivity index (χ1) is 9.08. The maximum Gasteiger partial charge on any atom is 0.138 e. The Morgan fingerprint density at radius 3 is 2.74 bits per heavy atom. The third kappa shape index (κ3) is 3.38. The van der Waals surface area contributed by atoms with Crippen molar-refractivity contribution in [3.63, 3.8) is 0 Å². The molecule has 5 heteroatoms. The summed E-state index contributed by atoms with van der Waals surface area (Å²) in [4.78, 5) is 4.21. The summed E-state index contributed by atoms with van der Waals surface area (Å²) in [6.45, 7) is 5.02. The number of hydrogen-bond donors (Lipinski definition) is 1. The van der Waals surface area contributed by atoms with Gasteiger partial charge in [-0.15, -0.1) is 0 Å². The summed E-state index contributed by atoms with van der Waals surface area (Å²) in [5.74, 6) is 1.000. The number of nitrogens with two attached hydrogens (primary N) is 1. The first-order valence-corrected chi connectivity index (χ1v) is 6.44. The fourth-order valence-corrected chi connectivity index (χ4v) is 2.03. The van der Waals surface area contributed by atoms with Crippen molar-refractivity contribution < 1.29 is 4.39 Å². The maximum atomic E-state index is 13.7. The molecule has 0 aliphatic heterocycles. The minimum absolute atomic E-state index is 0.273. The zero-order valence-corrected chi connectivity index (χ0v) is 11.3. The van der Waals surface area contributed by atoms with Crippen molar-refractivity contribution in [1.29, 1.82) is 0 Å². The van der Waals surface area contributed by atoms with Crippen molar-refractivity contribution in [2.24, 2.45) is 11.7 Å². The Kier molecular flexibility index (Phi) is 4.27. The van der Waals surface area contributed by atoms with Gasteiger partial charge in [-0.05, 0) is 12.0 Å². The van der Waals surface area contributed by atoms with Crippen molar-refractivity contribution >= 4 is 0 Å². The Morgan fingerprint density at radius 1 is 1.32 bits per heavy atom. The molecule has 0 radical (unpaired) electrons. The molecule has 0 aliphatic rings. The fourth-order valence-electron chi connectivity index (χ4n) is 2.03. The van der Waals surface area contributed by atoms with Crippen LogP contribution in [0.5, 0.6) is 0 Å². The van der Waals surface area contributed by atoms with Gasteiger partial charge in [0.2, 0.25) is 0 Å². The molecular formula is C14H19FN4. The van der Waals surface area contributed by atoms with Gasteiger partial charge in [-0.1, -0.05) is 32.0 Å². The van der Waals surface area contributed by atoms with Crippen LogP contribution >= 0.6 is 0 Å². The monoisotopic (exact) mass is 262 g/mol. The Labute approximate surface area is 112 Å². The Morgan fingerprint density at radius 2 is 2.05 bits per heavy atom. The van der Waals surface area contributed by atoms with Gasteiger partial charge in [-0.3, -0.25) is 0 Å². The van der Waals surface area contributed by atoms with E-state index < -0.39 is 6.04 Å². The molecule has 1 atom stereocenters. The number of hydrogen-bond acceptors (Lipinski definition) is 3. The van der Waals surface area contributed by atoms with Gasteiger partial charge in [-0.2, -0.15) is 5.10 Å². The smallest absolute Gasteiger partial charge is 0.138 e. The first-order valence-electron chi connectivity index (χ1n) is 6.44. The van der Waals surface area contributed by atoms with Gasteiger partial charge in [0.15, 0.2) is 0 Å². The van der Waals surface area contributed by atoms with Gasteiger partial charge in [0, 0.05) is 24.6 Å². The van der Waals surface area contributed by atoms with E-state index >= 15 is 0 Å². The van der Waals surface area contributed by atoms with Gasteiger partial charge in [0.25, 0.3) is 0 Å². The summed E-state index contributed by atoms with van der Waals surface area (Å²) < 4.78 is 15.5. The highest BCUT2D eigenvalue weighted by molar-refractivity contribution is 5.21. The molecule has 102 valence electrons. The zero-order chi connectivity index (χ0) is 13.8. The third-order valence-corrected chi connectivity index (χ3v) is 2.94. The lowest BCUT2D eigenvalue weighted by Crippen LogP contribution is -2.19. The highest BCUT2D eigenvalue weighted by Crippen LogP contribution is 2.18. The second kappa shape index (κ2) is 5.93. The van der Waals surface area contributed by atoms with Gasteiger partial charge < -0.3 is 5.73 Å². The summed E-state index contributed by atoms with van der Waals surface area (Å²) in [6, 6.07) is 6.18.